The normalized spacial score (nSPS) is 28.2. The zero-order valence-electron chi connectivity index (χ0n) is 23.1. The zero-order chi connectivity index (χ0) is 28.3. The van der Waals surface area contributed by atoms with Crippen molar-refractivity contribution in [1.29, 1.82) is 0 Å². The van der Waals surface area contributed by atoms with Crippen molar-refractivity contribution in [2.75, 3.05) is 6.54 Å². The number of ether oxygens (including phenoxy) is 1. The van der Waals surface area contributed by atoms with Crippen LogP contribution in [0.15, 0.2) is 36.5 Å². The molecular weight excluding hydrogens is 498 g/mol. The van der Waals surface area contributed by atoms with Gasteiger partial charge in [-0.2, -0.15) is 0 Å². The summed E-state index contributed by atoms with van der Waals surface area (Å²) in [4.78, 5) is 56.6. The molecule has 2 aliphatic rings. The summed E-state index contributed by atoms with van der Waals surface area (Å²) in [6.45, 7) is 9.14. The lowest BCUT2D eigenvalue weighted by atomic mass is 10.0. The fourth-order valence-corrected chi connectivity index (χ4v) is 4.71. The summed E-state index contributed by atoms with van der Waals surface area (Å²) in [7, 11) is 0. The molecule has 1 aromatic heterocycles. The number of nitrogens with zero attached hydrogens (tertiary/aromatic N) is 2. The van der Waals surface area contributed by atoms with Crippen molar-refractivity contribution in [1.82, 2.24) is 26.1 Å². The molecule has 0 spiro atoms. The van der Waals surface area contributed by atoms with Gasteiger partial charge in [-0.05, 0) is 68.7 Å². The number of amides is 3. The predicted molar refractivity (Wildman–Crippen MR) is 147 cm³/mol. The van der Waals surface area contributed by atoms with Crippen LogP contribution in [0.1, 0.15) is 64.8 Å². The first kappa shape index (κ1) is 28.2. The van der Waals surface area contributed by atoms with Crippen LogP contribution in [-0.4, -0.2) is 58.4 Å². The summed E-state index contributed by atoms with van der Waals surface area (Å²) < 4.78 is 5.59. The van der Waals surface area contributed by atoms with E-state index < -0.39 is 36.0 Å². The van der Waals surface area contributed by atoms with Crippen LogP contribution in [0.2, 0.25) is 0 Å². The van der Waals surface area contributed by atoms with Crippen LogP contribution in [0.3, 0.4) is 0 Å². The molecule has 1 saturated heterocycles. The lowest BCUT2D eigenvalue weighted by Gasteiger charge is -2.35. The molecule has 4 rings (SSSR count). The molecule has 1 fully saturated rings. The number of nitrogens with one attached hydrogen (secondary N) is 3. The standard InChI is InChI=1S/C29H37N5O5/c1-16(2)25-27(36)32-19(5)28(37)34-12-6-7-24(33-34)26(35)31-18(4)20-9-10-21-15-30-23(14-22(21)13-20)11-8-17(3)29(38)39-25/h8-11,13-19,24-25,33H,6-7,12H2,1-5H3,(H,31,35)(H,32,36)/b11-8+/t17?,18-,19+,24+,25+/m1/s1. The van der Waals surface area contributed by atoms with Gasteiger partial charge in [0.1, 0.15) is 12.1 Å². The molecular formula is C29H37N5O5. The van der Waals surface area contributed by atoms with Crippen LogP contribution in [0.25, 0.3) is 16.8 Å². The number of hydrogen-bond acceptors (Lipinski definition) is 7. The second-order valence-corrected chi connectivity index (χ2v) is 10.7. The number of esters is 1. The zero-order valence-corrected chi connectivity index (χ0v) is 23.1. The number of carbonyl (C=O) groups excluding carboxylic acids is 4. The van der Waals surface area contributed by atoms with E-state index in [4.69, 9.17) is 4.74 Å². The van der Waals surface area contributed by atoms with E-state index in [1.54, 1.807) is 46.0 Å². The van der Waals surface area contributed by atoms with Gasteiger partial charge in [-0.1, -0.05) is 32.1 Å². The number of hydrogen-bond donors (Lipinski definition) is 3. The minimum atomic E-state index is -1.07. The van der Waals surface area contributed by atoms with Gasteiger partial charge >= 0.3 is 5.97 Å². The molecule has 1 unspecified atom stereocenters. The predicted octanol–water partition coefficient (Wildman–Crippen LogP) is 2.64. The lowest BCUT2D eigenvalue weighted by molar-refractivity contribution is -0.161. The van der Waals surface area contributed by atoms with E-state index in [0.29, 0.717) is 25.1 Å². The van der Waals surface area contributed by atoms with Gasteiger partial charge < -0.3 is 15.4 Å². The Morgan fingerprint density at radius 1 is 0.974 bits per heavy atom. The first-order valence-electron chi connectivity index (χ1n) is 13.5. The van der Waals surface area contributed by atoms with Crippen LogP contribution in [0, 0.1) is 11.8 Å². The van der Waals surface area contributed by atoms with Gasteiger partial charge in [0.15, 0.2) is 6.10 Å². The number of carbonyl (C=O) groups is 4. The Labute approximate surface area is 228 Å². The Kier molecular flexibility index (Phi) is 8.64. The maximum Gasteiger partial charge on any atom is 0.313 e. The fourth-order valence-electron chi connectivity index (χ4n) is 4.71. The van der Waals surface area contributed by atoms with Crippen LogP contribution < -0.4 is 16.1 Å². The Morgan fingerprint density at radius 2 is 1.72 bits per heavy atom. The monoisotopic (exact) mass is 535 g/mol. The molecule has 3 heterocycles. The summed E-state index contributed by atoms with van der Waals surface area (Å²) in [6, 6.07) is 6.10. The Bertz CT molecular complexity index is 1290. The van der Waals surface area contributed by atoms with E-state index >= 15 is 0 Å². The molecule has 0 saturated carbocycles. The molecule has 0 radical (unpaired) electrons. The highest BCUT2D eigenvalue weighted by atomic mass is 16.5. The van der Waals surface area contributed by atoms with Gasteiger partial charge in [0.2, 0.25) is 5.91 Å². The number of aromatic nitrogens is 1. The molecule has 5 atom stereocenters. The Hall–Kier alpha value is -3.79. The van der Waals surface area contributed by atoms with E-state index in [1.807, 2.05) is 31.2 Å². The average molecular weight is 536 g/mol. The maximum atomic E-state index is 13.1. The van der Waals surface area contributed by atoms with Crippen molar-refractivity contribution in [3.8, 4) is 0 Å². The van der Waals surface area contributed by atoms with E-state index in [9.17, 15) is 19.2 Å². The largest absolute Gasteiger partial charge is 0.452 e. The summed E-state index contributed by atoms with van der Waals surface area (Å²) >= 11 is 0. The van der Waals surface area contributed by atoms with Crippen LogP contribution in [0.4, 0.5) is 0 Å². The third-order valence-electron chi connectivity index (χ3n) is 7.16. The Morgan fingerprint density at radius 3 is 2.46 bits per heavy atom. The summed E-state index contributed by atoms with van der Waals surface area (Å²) in [6.07, 6.45) is 5.34. The van der Waals surface area contributed by atoms with E-state index in [0.717, 1.165) is 16.3 Å². The second-order valence-electron chi connectivity index (χ2n) is 10.7. The third kappa shape index (κ3) is 6.62. The molecule has 10 heteroatoms. The molecule has 2 aliphatic heterocycles. The van der Waals surface area contributed by atoms with Crippen molar-refractivity contribution < 1.29 is 23.9 Å². The molecule has 10 nitrogen and oxygen atoms in total. The average Bonchev–Trinajstić information content (AvgIpc) is 2.92. The molecule has 0 aliphatic carbocycles. The molecule has 5 bridgehead atoms. The number of cyclic esters (lactones) is 1. The lowest BCUT2D eigenvalue weighted by Crippen LogP contribution is -2.61. The first-order chi connectivity index (χ1) is 18.5. The van der Waals surface area contributed by atoms with E-state index in [1.165, 1.54) is 5.01 Å². The molecule has 1 aromatic carbocycles. The van der Waals surface area contributed by atoms with Gasteiger partial charge in [-0.15, -0.1) is 0 Å². The van der Waals surface area contributed by atoms with Crippen LogP contribution >= 0.6 is 0 Å². The highest BCUT2D eigenvalue weighted by Crippen LogP contribution is 2.22. The minimum absolute atomic E-state index is 0.207. The number of hydrazine groups is 1. The van der Waals surface area contributed by atoms with Crippen molar-refractivity contribution in [2.45, 2.75) is 71.7 Å². The molecule has 3 amide bonds. The maximum absolute atomic E-state index is 13.1. The number of fused-ring (bicyclic) bond motifs is 4. The summed E-state index contributed by atoms with van der Waals surface area (Å²) in [5.74, 6) is -2.61. The SMILES string of the molecule is CC1/C=C/c2cc3cc(ccc3cn2)[C@@H](C)NC(=O)[C@@H]2CCCN(N2)C(=O)[C@H](C)NC(=O)[C@H](C(C)C)OC1=O. The van der Waals surface area contributed by atoms with Gasteiger partial charge in [0.25, 0.3) is 11.8 Å². The van der Waals surface area contributed by atoms with Crippen LogP contribution in [-0.2, 0) is 23.9 Å². The highest BCUT2D eigenvalue weighted by molar-refractivity contribution is 5.91. The molecule has 208 valence electrons. The number of benzene rings is 1. The van der Waals surface area contributed by atoms with E-state index in [2.05, 4.69) is 21.0 Å². The van der Waals surface area contributed by atoms with Gasteiger partial charge in [0.05, 0.1) is 17.7 Å². The fraction of sp³-hybridized carbons (Fsp3) is 0.483. The van der Waals surface area contributed by atoms with Crippen molar-refractivity contribution >= 4 is 40.5 Å². The van der Waals surface area contributed by atoms with Gasteiger partial charge in [-0.3, -0.25) is 29.2 Å². The third-order valence-corrected chi connectivity index (χ3v) is 7.16. The molecule has 3 N–H and O–H groups in total. The summed E-state index contributed by atoms with van der Waals surface area (Å²) in [5, 5.41) is 9.02. The minimum Gasteiger partial charge on any atom is -0.452 e. The number of rotatable bonds is 1. The van der Waals surface area contributed by atoms with Crippen molar-refractivity contribution in [2.24, 2.45) is 11.8 Å². The van der Waals surface area contributed by atoms with E-state index in [-0.39, 0.29) is 23.8 Å². The van der Waals surface area contributed by atoms with Gasteiger partial charge in [0, 0.05) is 18.1 Å². The van der Waals surface area contributed by atoms with Crippen LogP contribution in [0.5, 0.6) is 0 Å². The topological polar surface area (TPSA) is 130 Å². The smallest absolute Gasteiger partial charge is 0.313 e. The summed E-state index contributed by atoms with van der Waals surface area (Å²) in [5.41, 5.74) is 4.62. The first-order valence-corrected chi connectivity index (χ1v) is 13.5. The van der Waals surface area contributed by atoms with Gasteiger partial charge in [-0.25, -0.2) is 5.43 Å². The quantitative estimate of drug-likeness (QED) is 0.479. The number of pyridine rings is 1. The van der Waals surface area contributed by atoms with Crippen molar-refractivity contribution in [3.63, 3.8) is 0 Å². The highest BCUT2D eigenvalue weighted by Gasteiger charge is 2.34. The Balaban J connectivity index is 1.67. The second kappa shape index (κ2) is 11.9. The molecule has 2 aromatic rings. The molecule has 39 heavy (non-hydrogen) atoms. The van der Waals surface area contributed by atoms with Crippen molar-refractivity contribution in [3.05, 3.63) is 47.8 Å².